The van der Waals surface area contributed by atoms with Crippen molar-refractivity contribution in [2.45, 2.75) is 20.3 Å². The molecule has 1 aromatic heterocycles. The van der Waals surface area contributed by atoms with Gasteiger partial charge < -0.3 is 19.9 Å². The molecule has 0 aliphatic carbocycles. The van der Waals surface area contributed by atoms with Crippen molar-refractivity contribution < 1.29 is 9.75 Å². The van der Waals surface area contributed by atoms with Crippen molar-refractivity contribution in [1.82, 2.24) is 4.98 Å². The van der Waals surface area contributed by atoms with Gasteiger partial charge in [-0.3, -0.25) is 0 Å². The summed E-state index contributed by atoms with van der Waals surface area (Å²) in [4.78, 5) is 3.17. The van der Waals surface area contributed by atoms with E-state index in [9.17, 15) is 10.3 Å². The second-order valence-electron chi connectivity index (χ2n) is 4.71. The molecule has 0 spiro atoms. The number of phenols is 1. The number of likely N-dealkylation sites (N-methyl/N-ethyl adjacent to an activating group) is 1. The summed E-state index contributed by atoms with van der Waals surface area (Å²) >= 11 is 0. The summed E-state index contributed by atoms with van der Waals surface area (Å²) in [6.07, 6.45) is 2.66. The number of H-pyrrole nitrogens is 1. The molecule has 2 rings (SSSR count). The van der Waals surface area contributed by atoms with Gasteiger partial charge in [-0.1, -0.05) is 0 Å². The van der Waals surface area contributed by atoms with E-state index in [1.165, 1.54) is 0 Å². The summed E-state index contributed by atoms with van der Waals surface area (Å²) in [6.45, 7) is 5.64. The van der Waals surface area contributed by atoms with Crippen molar-refractivity contribution >= 4 is 10.9 Å². The van der Waals surface area contributed by atoms with E-state index < -0.39 is 0 Å². The van der Waals surface area contributed by atoms with Crippen LogP contribution >= 0.6 is 0 Å². The van der Waals surface area contributed by atoms with Crippen LogP contribution in [0.25, 0.3) is 10.9 Å². The molecule has 2 aromatic rings. The van der Waals surface area contributed by atoms with E-state index in [0.717, 1.165) is 22.9 Å². The number of quaternary nitrogens is 1. The third-order valence-electron chi connectivity index (χ3n) is 3.69. The highest BCUT2D eigenvalue weighted by atomic mass is 16.5. The maximum absolute atomic E-state index is 12.2. The minimum absolute atomic E-state index is 0.161. The Kier molecular flexibility index (Phi) is 3.59. The Hall–Kier alpha value is -1.52. The Morgan fingerprint density at radius 1 is 1.28 bits per heavy atom. The number of benzene rings is 1. The lowest BCUT2D eigenvalue weighted by Crippen LogP contribution is -2.43. The van der Waals surface area contributed by atoms with Crippen LogP contribution in [-0.4, -0.2) is 34.4 Å². The highest BCUT2D eigenvalue weighted by Gasteiger charge is 2.13. The molecule has 0 amide bonds. The molecule has 98 valence electrons. The fourth-order valence-electron chi connectivity index (χ4n) is 2.24. The molecule has 2 N–H and O–H groups in total. The Morgan fingerprint density at radius 3 is 2.67 bits per heavy atom. The fourth-order valence-corrected chi connectivity index (χ4v) is 2.24. The Morgan fingerprint density at radius 2 is 2.00 bits per heavy atom. The second kappa shape index (κ2) is 5.00. The summed E-state index contributed by atoms with van der Waals surface area (Å²) in [6, 6.07) is 5.26. The minimum Gasteiger partial charge on any atom is -0.633 e. The lowest BCUT2D eigenvalue weighted by molar-refractivity contribution is -0.876. The van der Waals surface area contributed by atoms with E-state index >= 15 is 0 Å². The van der Waals surface area contributed by atoms with Gasteiger partial charge in [-0.05, 0) is 37.6 Å². The number of hydrogen-bond acceptors (Lipinski definition) is 2. The lowest BCUT2D eigenvalue weighted by Gasteiger charge is -2.41. The average Bonchev–Trinajstić information content (AvgIpc) is 2.78. The molecule has 4 heteroatoms. The number of rotatable bonds is 5. The summed E-state index contributed by atoms with van der Waals surface area (Å²) in [5.41, 5.74) is 2.10. The van der Waals surface area contributed by atoms with E-state index in [1.54, 1.807) is 12.1 Å². The van der Waals surface area contributed by atoms with Crippen LogP contribution in [0.1, 0.15) is 19.4 Å². The summed E-state index contributed by atoms with van der Waals surface area (Å²) in [7, 11) is 0. The first-order valence-corrected chi connectivity index (χ1v) is 6.44. The van der Waals surface area contributed by atoms with Crippen LogP contribution in [-0.2, 0) is 6.42 Å². The predicted molar refractivity (Wildman–Crippen MR) is 73.2 cm³/mol. The number of aromatic hydroxyl groups is 1. The molecule has 0 saturated heterocycles. The minimum atomic E-state index is -0.161. The zero-order valence-electron chi connectivity index (χ0n) is 10.9. The maximum Gasteiger partial charge on any atom is 0.116 e. The Bertz CT molecular complexity index is 530. The van der Waals surface area contributed by atoms with Gasteiger partial charge in [0, 0.05) is 23.5 Å². The molecular formula is C14H20N2O2. The number of phenolic OH excluding ortho intramolecular Hbond substituents is 1. The van der Waals surface area contributed by atoms with Crippen LogP contribution in [0.3, 0.4) is 0 Å². The number of aromatic amines is 1. The molecule has 0 bridgehead atoms. The topological polar surface area (TPSA) is 59.1 Å². The highest BCUT2D eigenvalue weighted by molar-refractivity contribution is 5.84. The molecule has 0 radical (unpaired) electrons. The van der Waals surface area contributed by atoms with Crippen LogP contribution in [0.2, 0.25) is 0 Å². The summed E-state index contributed by atoms with van der Waals surface area (Å²) < 4.78 is -0.161. The highest BCUT2D eigenvalue weighted by Crippen LogP contribution is 2.23. The van der Waals surface area contributed by atoms with E-state index in [0.29, 0.717) is 19.6 Å². The van der Waals surface area contributed by atoms with Gasteiger partial charge >= 0.3 is 0 Å². The third kappa shape index (κ3) is 2.49. The molecule has 0 aliphatic rings. The van der Waals surface area contributed by atoms with Gasteiger partial charge in [0.05, 0.1) is 19.6 Å². The van der Waals surface area contributed by atoms with Crippen LogP contribution in [0.15, 0.2) is 24.4 Å². The van der Waals surface area contributed by atoms with Crippen molar-refractivity contribution in [1.29, 1.82) is 0 Å². The van der Waals surface area contributed by atoms with Crippen LogP contribution in [0.5, 0.6) is 5.75 Å². The molecule has 18 heavy (non-hydrogen) atoms. The number of fused-ring (bicyclic) bond motifs is 1. The van der Waals surface area contributed by atoms with Crippen LogP contribution in [0.4, 0.5) is 0 Å². The van der Waals surface area contributed by atoms with E-state index in [4.69, 9.17) is 0 Å². The van der Waals surface area contributed by atoms with Crippen molar-refractivity contribution in [3.8, 4) is 5.75 Å². The van der Waals surface area contributed by atoms with Gasteiger partial charge in [0.1, 0.15) is 5.75 Å². The molecule has 0 aliphatic heterocycles. The zero-order chi connectivity index (χ0) is 13.2. The number of aromatic nitrogens is 1. The molecule has 0 saturated carbocycles. The number of hydroxylamine groups is 3. The molecule has 1 aromatic carbocycles. The molecule has 0 atom stereocenters. The molecule has 0 unspecified atom stereocenters. The average molecular weight is 248 g/mol. The summed E-state index contributed by atoms with van der Waals surface area (Å²) in [5.74, 6) is 0.261. The molecular weight excluding hydrogens is 228 g/mol. The van der Waals surface area contributed by atoms with Gasteiger partial charge in [-0.25, -0.2) is 0 Å². The first kappa shape index (κ1) is 12.9. The van der Waals surface area contributed by atoms with Crippen molar-refractivity contribution in [3.63, 3.8) is 0 Å². The predicted octanol–water partition coefficient (Wildman–Crippen LogP) is 2.77. The molecule has 4 nitrogen and oxygen atoms in total. The van der Waals surface area contributed by atoms with Crippen LogP contribution in [0, 0.1) is 5.21 Å². The largest absolute Gasteiger partial charge is 0.633 e. The standard InChI is InChI=1S/C14H20N2O2/c1-3-16(18,4-2)8-7-11-10-15-14-6-5-12(17)9-13(11)14/h5-6,9-10,15,17H,3-4,7-8H2,1-2H3. The van der Waals surface area contributed by atoms with Crippen molar-refractivity contribution in [3.05, 3.63) is 35.2 Å². The van der Waals surface area contributed by atoms with Crippen LogP contribution < -0.4 is 0 Å². The van der Waals surface area contributed by atoms with E-state index in [1.807, 2.05) is 26.1 Å². The molecule has 0 fully saturated rings. The Balaban J connectivity index is 2.19. The number of hydrogen-bond donors (Lipinski definition) is 2. The lowest BCUT2D eigenvalue weighted by atomic mass is 10.1. The van der Waals surface area contributed by atoms with Gasteiger partial charge in [0.15, 0.2) is 0 Å². The molecule has 1 heterocycles. The second-order valence-corrected chi connectivity index (χ2v) is 4.71. The van der Waals surface area contributed by atoms with Crippen molar-refractivity contribution in [2.75, 3.05) is 19.6 Å². The zero-order valence-corrected chi connectivity index (χ0v) is 10.9. The van der Waals surface area contributed by atoms with Gasteiger partial charge in [0.2, 0.25) is 0 Å². The Labute approximate surface area is 107 Å². The van der Waals surface area contributed by atoms with Gasteiger partial charge in [0.25, 0.3) is 0 Å². The van der Waals surface area contributed by atoms with E-state index in [-0.39, 0.29) is 10.4 Å². The normalized spacial score (nSPS) is 12.2. The quantitative estimate of drug-likeness (QED) is 0.631. The van der Waals surface area contributed by atoms with E-state index in [2.05, 4.69) is 4.98 Å². The van der Waals surface area contributed by atoms with Gasteiger partial charge in [-0.15, -0.1) is 0 Å². The number of nitrogens with zero attached hydrogens (tertiary/aromatic N) is 1. The third-order valence-corrected chi connectivity index (χ3v) is 3.69. The maximum atomic E-state index is 12.2. The fraction of sp³-hybridized carbons (Fsp3) is 0.429. The SMILES string of the molecule is CC[N+]([O-])(CC)CCc1c[nH]c2ccc(O)cc12. The first-order valence-electron chi connectivity index (χ1n) is 6.44. The smallest absolute Gasteiger partial charge is 0.116 e. The summed E-state index contributed by atoms with van der Waals surface area (Å²) in [5, 5.41) is 22.7. The van der Waals surface area contributed by atoms with Gasteiger partial charge in [-0.2, -0.15) is 0 Å². The first-order chi connectivity index (χ1) is 8.58. The number of nitrogens with one attached hydrogen (secondary N) is 1. The monoisotopic (exact) mass is 248 g/mol. The van der Waals surface area contributed by atoms with Crippen molar-refractivity contribution in [2.24, 2.45) is 0 Å².